The molecular weight excluding hydrogens is 218 g/mol. The van der Waals surface area contributed by atoms with E-state index >= 15 is 0 Å². The Hall–Kier alpha value is -1.43. The zero-order valence-electron chi connectivity index (χ0n) is 10.4. The molecule has 1 aliphatic heterocycles. The van der Waals surface area contributed by atoms with E-state index in [9.17, 15) is 4.79 Å². The number of carbonyl (C=O) groups is 1. The van der Waals surface area contributed by atoms with Crippen LogP contribution in [-0.4, -0.2) is 40.3 Å². The van der Waals surface area contributed by atoms with Gasteiger partial charge in [-0.05, 0) is 19.9 Å². The number of aromatic nitrogens is 3. The highest BCUT2D eigenvalue weighted by Crippen LogP contribution is 2.24. The predicted molar refractivity (Wildman–Crippen MR) is 63.3 cm³/mol. The molecule has 0 radical (unpaired) electrons. The van der Waals surface area contributed by atoms with Gasteiger partial charge < -0.3 is 15.2 Å². The highest BCUT2D eigenvalue weighted by Gasteiger charge is 2.35. The van der Waals surface area contributed by atoms with Gasteiger partial charge in [-0.1, -0.05) is 0 Å². The summed E-state index contributed by atoms with van der Waals surface area (Å²) < 4.78 is 1.87. The van der Waals surface area contributed by atoms with Gasteiger partial charge in [0.15, 0.2) is 0 Å². The van der Waals surface area contributed by atoms with E-state index in [0.717, 1.165) is 25.3 Å². The second-order valence-corrected chi connectivity index (χ2v) is 4.85. The van der Waals surface area contributed by atoms with E-state index in [4.69, 9.17) is 0 Å². The molecule has 2 heterocycles. The van der Waals surface area contributed by atoms with Crippen LogP contribution in [-0.2, 0) is 18.3 Å². The number of nitrogens with zero attached hydrogens (tertiary/aromatic N) is 3. The van der Waals surface area contributed by atoms with Crippen LogP contribution in [0.3, 0.4) is 0 Å². The molecule has 0 spiro atoms. The lowest BCUT2D eigenvalue weighted by Crippen LogP contribution is -2.41. The molecule has 6 nitrogen and oxygen atoms in total. The van der Waals surface area contributed by atoms with Crippen molar-refractivity contribution in [2.75, 3.05) is 19.6 Å². The van der Waals surface area contributed by atoms with Crippen molar-refractivity contribution in [1.82, 2.24) is 25.4 Å². The Morgan fingerprint density at radius 3 is 3.12 bits per heavy atom. The van der Waals surface area contributed by atoms with Crippen molar-refractivity contribution in [3.63, 3.8) is 0 Å². The Labute approximate surface area is 101 Å². The molecule has 1 aromatic rings. The van der Waals surface area contributed by atoms with E-state index < -0.39 is 0 Å². The van der Waals surface area contributed by atoms with Crippen LogP contribution in [0.15, 0.2) is 6.33 Å². The second-order valence-electron chi connectivity index (χ2n) is 4.85. The molecule has 1 unspecified atom stereocenters. The highest BCUT2D eigenvalue weighted by atomic mass is 16.2. The maximum Gasteiger partial charge on any atom is 0.227 e. The lowest BCUT2D eigenvalue weighted by molar-refractivity contribution is -0.129. The van der Waals surface area contributed by atoms with Crippen LogP contribution in [0, 0.1) is 5.41 Å². The van der Waals surface area contributed by atoms with Crippen LogP contribution in [0.5, 0.6) is 0 Å². The average Bonchev–Trinajstić information content (AvgIpc) is 2.89. The summed E-state index contributed by atoms with van der Waals surface area (Å²) in [6, 6.07) is 0. The van der Waals surface area contributed by atoms with Crippen molar-refractivity contribution >= 4 is 5.91 Å². The van der Waals surface area contributed by atoms with Gasteiger partial charge in [0, 0.05) is 26.6 Å². The SMILES string of the molecule is Cn1cnnc1CCNC(=O)C1(C)CCNC1. The summed E-state index contributed by atoms with van der Waals surface area (Å²) in [4.78, 5) is 12.0. The number of nitrogens with one attached hydrogen (secondary N) is 2. The minimum Gasteiger partial charge on any atom is -0.355 e. The standard InChI is InChI=1S/C11H19N5O/c1-11(4-6-12-7-11)10(17)13-5-3-9-15-14-8-16(9)2/h8,12H,3-7H2,1-2H3,(H,13,17). The van der Waals surface area contributed by atoms with Gasteiger partial charge in [-0.25, -0.2) is 0 Å². The number of hydrogen-bond donors (Lipinski definition) is 2. The molecule has 1 amide bonds. The van der Waals surface area contributed by atoms with Gasteiger partial charge in [-0.15, -0.1) is 10.2 Å². The van der Waals surface area contributed by atoms with Gasteiger partial charge in [0.2, 0.25) is 5.91 Å². The summed E-state index contributed by atoms with van der Waals surface area (Å²) in [5, 5.41) is 14.0. The molecule has 0 saturated carbocycles. The van der Waals surface area contributed by atoms with Gasteiger partial charge in [0.1, 0.15) is 12.2 Å². The topological polar surface area (TPSA) is 71.8 Å². The van der Waals surface area contributed by atoms with Crippen molar-refractivity contribution < 1.29 is 4.79 Å². The summed E-state index contributed by atoms with van der Waals surface area (Å²) in [5.41, 5.74) is -0.250. The van der Waals surface area contributed by atoms with Gasteiger partial charge in [0.25, 0.3) is 0 Å². The Morgan fingerprint density at radius 1 is 1.71 bits per heavy atom. The van der Waals surface area contributed by atoms with Crippen molar-refractivity contribution in [3.8, 4) is 0 Å². The van der Waals surface area contributed by atoms with Crippen LogP contribution in [0.1, 0.15) is 19.2 Å². The first-order valence-electron chi connectivity index (χ1n) is 5.94. The Morgan fingerprint density at radius 2 is 2.53 bits per heavy atom. The Balaban J connectivity index is 1.79. The molecule has 0 aromatic carbocycles. The zero-order chi connectivity index (χ0) is 12.3. The Bertz CT molecular complexity index is 394. The predicted octanol–water partition coefficient (Wildman–Crippen LogP) is -0.527. The van der Waals surface area contributed by atoms with Gasteiger partial charge in [-0.3, -0.25) is 4.79 Å². The fraction of sp³-hybridized carbons (Fsp3) is 0.727. The van der Waals surface area contributed by atoms with E-state index in [1.54, 1.807) is 6.33 Å². The third-order valence-corrected chi connectivity index (χ3v) is 3.36. The number of aryl methyl sites for hydroxylation is 1. The molecule has 1 aliphatic rings. The molecule has 17 heavy (non-hydrogen) atoms. The van der Waals surface area contributed by atoms with Gasteiger partial charge >= 0.3 is 0 Å². The van der Waals surface area contributed by atoms with E-state index in [-0.39, 0.29) is 11.3 Å². The molecular formula is C11H19N5O. The molecule has 6 heteroatoms. The van der Waals surface area contributed by atoms with Crippen LogP contribution in [0.4, 0.5) is 0 Å². The molecule has 1 atom stereocenters. The average molecular weight is 237 g/mol. The number of hydrogen-bond acceptors (Lipinski definition) is 4. The molecule has 94 valence electrons. The third-order valence-electron chi connectivity index (χ3n) is 3.36. The van der Waals surface area contributed by atoms with Crippen LogP contribution < -0.4 is 10.6 Å². The van der Waals surface area contributed by atoms with Gasteiger partial charge in [0.05, 0.1) is 5.41 Å². The quantitative estimate of drug-likeness (QED) is 0.738. The smallest absolute Gasteiger partial charge is 0.227 e. The summed E-state index contributed by atoms with van der Waals surface area (Å²) >= 11 is 0. The van der Waals surface area contributed by atoms with E-state index in [1.807, 2.05) is 18.5 Å². The maximum atomic E-state index is 12.0. The number of rotatable bonds is 4. The first kappa shape index (κ1) is 12.0. The van der Waals surface area contributed by atoms with Crippen molar-refractivity contribution in [2.24, 2.45) is 12.5 Å². The summed E-state index contributed by atoms with van der Waals surface area (Å²) in [5.74, 6) is 1.02. The maximum absolute atomic E-state index is 12.0. The third kappa shape index (κ3) is 2.63. The van der Waals surface area contributed by atoms with Crippen molar-refractivity contribution in [1.29, 1.82) is 0 Å². The molecule has 1 saturated heterocycles. The molecule has 0 aliphatic carbocycles. The lowest BCUT2D eigenvalue weighted by atomic mass is 9.89. The normalized spacial score (nSPS) is 23.9. The van der Waals surface area contributed by atoms with Crippen LogP contribution in [0.2, 0.25) is 0 Å². The highest BCUT2D eigenvalue weighted by molar-refractivity contribution is 5.82. The summed E-state index contributed by atoms with van der Waals surface area (Å²) in [6.45, 7) is 4.31. The van der Waals surface area contributed by atoms with Crippen LogP contribution >= 0.6 is 0 Å². The first-order valence-corrected chi connectivity index (χ1v) is 5.94. The molecule has 0 bridgehead atoms. The fourth-order valence-electron chi connectivity index (χ4n) is 2.05. The van der Waals surface area contributed by atoms with Crippen LogP contribution in [0.25, 0.3) is 0 Å². The lowest BCUT2D eigenvalue weighted by Gasteiger charge is -2.21. The number of carbonyl (C=O) groups excluding carboxylic acids is 1. The van der Waals surface area contributed by atoms with Gasteiger partial charge in [-0.2, -0.15) is 0 Å². The minimum atomic E-state index is -0.250. The van der Waals surface area contributed by atoms with E-state index in [2.05, 4.69) is 20.8 Å². The second kappa shape index (κ2) is 4.83. The van der Waals surface area contributed by atoms with Crippen molar-refractivity contribution in [3.05, 3.63) is 12.2 Å². The monoisotopic (exact) mass is 237 g/mol. The minimum absolute atomic E-state index is 0.129. The fourth-order valence-corrected chi connectivity index (χ4v) is 2.05. The molecule has 1 aromatic heterocycles. The van der Waals surface area contributed by atoms with Crippen molar-refractivity contribution in [2.45, 2.75) is 19.8 Å². The molecule has 2 rings (SSSR count). The zero-order valence-corrected chi connectivity index (χ0v) is 10.4. The number of amides is 1. The molecule has 2 N–H and O–H groups in total. The first-order chi connectivity index (χ1) is 8.12. The largest absolute Gasteiger partial charge is 0.355 e. The van der Waals surface area contributed by atoms with E-state index in [0.29, 0.717) is 13.0 Å². The summed E-state index contributed by atoms with van der Waals surface area (Å²) in [6.07, 6.45) is 3.29. The summed E-state index contributed by atoms with van der Waals surface area (Å²) in [7, 11) is 1.90. The molecule has 1 fully saturated rings. The van der Waals surface area contributed by atoms with E-state index in [1.165, 1.54) is 0 Å². The Kier molecular flexibility index (Phi) is 3.42.